The minimum absolute atomic E-state index is 0.0477. The third-order valence-electron chi connectivity index (χ3n) is 4.85. The summed E-state index contributed by atoms with van der Waals surface area (Å²) in [7, 11) is -3.14. The highest BCUT2D eigenvalue weighted by Crippen LogP contribution is 2.33. The van der Waals surface area contributed by atoms with Crippen molar-refractivity contribution in [3.8, 4) is 0 Å². The van der Waals surface area contributed by atoms with E-state index in [-0.39, 0.29) is 10.8 Å². The standard InChI is InChI=1S/C15H22N4O3S/c20-15-14(16-6-9-19(15)12-2-3-12)17-7-1-8-18(11-10-17)23(21,22)13-4-5-13/h6,9,12-13H,1-5,7-8,10-11H2. The lowest BCUT2D eigenvalue weighted by Gasteiger charge is -2.22. The normalized spacial score (nSPS) is 23.7. The van der Waals surface area contributed by atoms with E-state index < -0.39 is 10.0 Å². The Morgan fingerprint density at radius 1 is 1.04 bits per heavy atom. The van der Waals surface area contributed by atoms with Gasteiger partial charge in [0.15, 0.2) is 5.82 Å². The van der Waals surface area contributed by atoms with Crippen LogP contribution in [0.15, 0.2) is 17.2 Å². The Morgan fingerprint density at radius 3 is 2.52 bits per heavy atom. The predicted molar refractivity (Wildman–Crippen MR) is 87.1 cm³/mol. The van der Waals surface area contributed by atoms with Crippen LogP contribution < -0.4 is 10.5 Å². The van der Waals surface area contributed by atoms with Gasteiger partial charge < -0.3 is 9.47 Å². The lowest BCUT2D eigenvalue weighted by atomic mass is 10.4. The summed E-state index contributed by atoms with van der Waals surface area (Å²) in [5, 5.41) is -0.170. The van der Waals surface area contributed by atoms with Gasteiger partial charge >= 0.3 is 0 Å². The Hall–Kier alpha value is -1.41. The minimum Gasteiger partial charge on any atom is -0.351 e. The number of anilines is 1. The quantitative estimate of drug-likeness (QED) is 0.803. The van der Waals surface area contributed by atoms with Gasteiger partial charge in [0.25, 0.3) is 5.56 Å². The van der Waals surface area contributed by atoms with Gasteiger partial charge in [0, 0.05) is 44.6 Å². The van der Waals surface area contributed by atoms with Crippen molar-refractivity contribution in [2.75, 3.05) is 31.1 Å². The summed E-state index contributed by atoms with van der Waals surface area (Å²) >= 11 is 0. The predicted octanol–water partition coefficient (Wildman–Crippen LogP) is 0.583. The van der Waals surface area contributed by atoms with E-state index >= 15 is 0 Å². The van der Waals surface area contributed by atoms with Gasteiger partial charge in [-0.15, -0.1) is 0 Å². The maximum atomic E-state index is 12.6. The van der Waals surface area contributed by atoms with Gasteiger partial charge in [-0.3, -0.25) is 4.79 Å². The maximum absolute atomic E-state index is 12.6. The highest BCUT2D eigenvalue weighted by atomic mass is 32.2. The molecule has 126 valence electrons. The van der Waals surface area contributed by atoms with E-state index in [1.54, 1.807) is 21.3 Å². The zero-order chi connectivity index (χ0) is 16.0. The first-order valence-corrected chi connectivity index (χ1v) is 9.89. The fraction of sp³-hybridized carbons (Fsp3) is 0.733. The molecule has 3 fully saturated rings. The van der Waals surface area contributed by atoms with Crippen molar-refractivity contribution in [2.24, 2.45) is 0 Å². The van der Waals surface area contributed by atoms with Crippen molar-refractivity contribution < 1.29 is 8.42 Å². The smallest absolute Gasteiger partial charge is 0.293 e. The molecular weight excluding hydrogens is 316 g/mol. The summed E-state index contributed by atoms with van der Waals surface area (Å²) in [5.74, 6) is 0.463. The van der Waals surface area contributed by atoms with Crippen LogP contribution in [0.5, 0.6) is 0 Å². The molecule has 0 N–H and O–H groups in total. The third-order valence-corrected chi connectivity index (χ3v) is 7.25. The molecule has 2 aliphatic carbocycles. The molecule has 23 heavy (non-hydrogen) atoms. The van der Waals surface area contributed by atoms with Crippen LogP contribution in [0.3, 0.4) is 0 Å². The average molecular weight is 338 g/mol. The zero-order valence-corrected chi connectivity index (χ0v) is 13.9. The van der Waals surface area contributed by atoms with E-state index in [9.17, 15) is 13.2 Å². The molecule has 1 aliphatic heterocycles. The van der Waals surface area contributed by atoms with E-state index in [4.69, 9.17) is 0 Å². The molecule has 2 saturated carbocycles. The Kier molecular flexibility index (Phi) is 3.68. The van der Waals surface area contributed by atoms with Crippen molar-refractivity contribution in [2.45, 2.75) is 43.4 Å². The zero-order valence-electron chi connectivity index (χ0n) is 13.1. The summed E-state index contributed by atoms with van der Waals surface area (Å²) < 4.78 is 28.2. The van der Waals surface area contributed by atoms with Crippen molar-refractivity contribution in [3.05, 3.63) is 22.7 Å². The Labute approximate surface area is 136 Å². The summed E-state index contributed by atoms with van der Waals surface area (Å²) in [6.07, 6.45) is 7.84. The third kappa shape index (κ3) is 2.89. The Morgan fingerprint density at radius 2 is 1.83 bits per heavy atom. The average Bonchev–Trinajstić information content (AvgIpc) is 3.42. The van der Waals surface area contributed by atoms with Crippen LogP contribution in [0.25, 0.3) is 0 Å². The molecule has 0 spiro atoms. The van der Waals surface area contributed by atoms with Crippen LogP contribution >= 0.6 is 0 Å². The van der Waals surface area contributed by atoms with Gasteiger partial charge in [0.2, 0.25) is 10.0 Å². The number of sulfonamides is 1. The summed E-state index contributed by atoms with van der Waals surface area (Å²) in [4.78, 5) is 18.8. The van der Waals surface area contributed by atoms with Crippen LogP contribution in [0.4, 0.5) is 5.82 Å². The van der Waals surface area contributed by atoms with Crippen LogP contribution in [0.2, 0.25) is 0 Å². The summed E-state index contributed by atoms with van der Waals surface area (Å²) in [6.45, 7) is 2.19. The van der Waals surface area contributed by atoms with Gasteiger partial charge in [-0.1, -0.05) is 0 Å². The molecule has 7 nitrogen and oxygen atoms in total. The van der Waals surface area contributed by atoms with Gasteiger partial charge in [-0.25, -0.2) is 13.4 Å². The summed E-state index contributed by atoms with van der Waals surface area (Å²) in [6, 6.07) is 0.322. The van der Waals surface area contributed by atoms with Crippen LogP contribution in [-0.4, -0.2) is 53.7 Å². The molecule has 0 bridgehead atoms. The van der Waals surface area contributed by atoms with E-state index in [1.807, 2.05) is 4.90 Å². The topological polar surface area (TPSA) is 75.5 Å². The first kappa shape index (κ1) is 15.1. The number of aromatic nitrogens is 2. The second kappa shape index (κ2) is 5.59. The van der Waals surface area contributed by atoms with Crippen LogP contribution in [0.1, 0.15) is 38.1 Å². The summed E-state index contributed by atoms with van der Waals surface area (Å²) in [5.41, 5.74) is -0.0477. The molecule has 1 saturated heterocycles. The Balaban J connectivity index is 1.53. The molecule has 3 aliphatic rings. The molecule has 8 heteroatoms. The van der Waals surface area contributed by atoms with Gasteiger partial charge in [0.05, 0.1) is 5.25 Å². The van der Waals surface area contributed by atoms with Gasteiger partial charge in [-0.2, -0.15) is 4.31 Å². The second-order valence-electron chi connectivity index (χ2n) is 6.68. The molecule has 0 unspecified atom stereocenters. The fourth-order valence-electron chi connectivity index (χ4n) is 3.21. The largest absolute Gasteiger partial charge is 0.351 e. The second-order valence-corrected chi connectivity index (χ2v) is 8.89. The maximum Gasteiger partial charge on any atom is 0.293 e. The van der Waals surface area contributed by atoms with Crippen molar-refractivity contribution >= 4 is 15.8 Å². The first-order chi connectivity index (χ1) is 11.1. The molecule has 1 aromatic heterocycles. The highest BCUT2D eigenvalue weighted by Gasteiger charge is 2.40. The van der Waals surface area contributed by atoms with E-state index in [0.717, 1.165) is 32.1 Å². The highest BCUT2D eigenvalue weighted by molar-refractivity contribution is 7.90. The molecule has 0 aromatic carbocycles. The molecule has 0 radical (unpaired) electrons. The van der Waals surface area contributed by atoms with Crippen LogP contribution in [-0.2, 0) is 10.0 Å². The van der Waals surface area contributed by atoms with E-state index in [0.29, 0.717) is 38.0 Å². The van der Waals surface area contributed by atoms with E-state index in [2.05, 4.69) is 4.98 Å². The molecular formula is C15H22N4O3S. The van der Waals surface area contributed by atoms with Crippen molar-refractivity contribution in [3.63, 3.8) is 0 Å². The van der Waals surface area contributed by atoms with Gasteiger partial charge in [-0.05, 0) is 32.1 Å². The Bertz CT molecular complexity index is 752. The fourth-order valence-corrected chi connectivity index (χ4v) is 5.08. The van der Waals surface area contributed by atoms with Crippen molar-refractivity contribution in [1.29, 1.82) is 0 Å². The molecule has 1 aromatic rings. The number of hydrogen-bond donors (Lipinski definition) is 0. The van der Waals surface area contributed by atoms with Crippen molar-refractivity contribution in [1.82, 2.24) is 13.9 Å². The van der Waals surface area contributed by atoms with Crippen LogP contribution in [0, 0.1) is 0 Å². The number of hydrogen-bond acceptors (Lipinski definition) is 5. The molecule has 0 atom stereocenters. The lowest BCUT2D eigenvalue weighted by molar-refractivity contribution is 0.432. The first-order valence-electron chi connectivity index (χ1n) is 8.38. The molecule has 4 rings (SSSR count). The number of rotatable bonds is 4. The SMILES string of the molecule is O=c1c(N2CCCN(S(=O)(=O)C3CC3)CC2)nccn1C1CC1. The van der Waals surface area contributed by atoms with E-state index in [1.165, 1.54) is 0 Å². The molecule has 2 heterocycles. The molecule has 0 amide bonds. The lowest BCUT2D eigenvalue weighted by Crippen LogP contribution is -2.39. The number of nitrogens with zero attached hydrogens (tertiary/aromatic N) is 4. The monoisotopic (exact) mass is 338 g/mol. The van der Waals surface area contributed by atoms with Gasteiger partial charge in [0.1, 0.15) is 0 Å². The minimum atomic E-state index is -3.14.